The minimum Gasteiger partial charge on any atom is -0.360 e. The maximum Gasteiger partial charge on any atom is 0.248 e. The van der Waals surface area contributed by atoms with Crippen LogP contribution in [0.5, 0.6) is 0 Å². The molecule has 0 bridgehead atoms. The average molecular weight is 395 g/mol. The van der Waals surface area contributed by atoms with Gasteiger partial charge < -0.3 is 9.84 Å². The first-order chi connectivity index (χ1) is 12.7. The Labute approximate surface area is 157 Å². The molecule has 2 heterocycles. The van der Waals surface area contributed by atoms with Gasteiger partial charge in [0.25, 0.3) is 0 Å². The Morgan fingerprint density at radius 1 is 1.26 bits per heavy atom. The fraction of sp³-hybridized carbons (Fsp3) is 0.444. The van der Waals surface area contributed by atoms with Crippen molar-refractivity contribution in [2.75, 3.05) is 18.4 Å². The SMILES string of the molecule is Cc1ccc(F)cc1NC(=O)C1CCN(S(=O)(=O)c2c(C)noc2C)CC1. The first-order valence-electron chi connectivity index (χ1n) is 8.70. The highest BCUT2D eigenvalue weighted by molar-refractivity contribution is 7.89. The zero-order valence-electron chi connectivity index (χ0n) is 15.5. The van der Waals surface area contributed by atoms with Crippen LogP contribution in [-0.4, -0.2) is 36.9 Å². The van der Waals surface area contributed by atoms with Crippen LogP contribution in [0.1, 0.15) is 29.9 Å². The number of nitrogens with one attached hydrogen (secondary N) is 1. The fourth-order valence-corrected chi connectivity index (χ4v) is 5.05. The van der Waals surface area contributed by atoms with Gasteiger partial charge in [0.15, 0.2) is 5.76 Å². The molecule has 1 aliphatic heterocycles. The number of carbonyl (C=O) groups is 1. The number of rotatable bonds is 4. The summed E-state index contributed by atoms with van der Waals surface area (Å²) in [5.41, 5.74) is 1.53. The lowest BCUT2D eigenvalue weighted by Crippen LogP contribution is -2.41. The van der Waals surface area contributed by atoms with Gasteiger partial charge in [0, 0.05) is 24.7 Å². The third kappa shape index (κ3) is 3.89. The number of hydrogen-bond acceptors (Lipinski definition) is 5. The lowest BCUT2D eigenvalue weighted by Gasteiger charge is -2.30. The molecular formula is C18H22FN3O4S. The van der Waals surface area contributed by atoms with Crippen LogP contribution in [0.4, 0.5) is 10.1 Å². The van der Waals surface area contributed by atoms with E-state index in [1.807, 2.05) is 0 Å². The summed E-state index contributed by atoms with van der Waals surface area (Å²) in [6, 6.07) is 4.22. The summed E-state index contributed by atoms with van der Waals surface area (Å²) in [4.78, 5) is 12.6. The lowest BCUT2D eigenvalue weighted by atomic mass is 9.97. The zero-order chi connectivity index (χ0) is 19.8. The Morgan fingerprint density at radius 3 is 2.52 bits per heavy atom. The number of benzene rings is 1. The number of anilines is 1. The first-order valence-corrected chi connectivity index (χ1v) is 10.1. The highest BCUT2D eigenvalue weighted by Crippen LogP contribution is 2.28. The Balaban J connectivity index is 1.66. The van der Waals surface area contributed by atoms with Gasteiger partial charge in [-0.25, -0.2) is 12.8 Å². The monoisotopic (exact) mass is 395 g/mol. The molecular weight excluding hydrogens is 373 g/mol. The Bertz CT molecular complexity index is 943. The quantitative estimate of drug-likeness (QED) is 0.859. The van der Waals surface area contributed by atoms with Crippen molar-refractivity contribution >= 4 is 21.6 Å². The molecule has 0 radical (unpaired) electrons. The van der Waals surface area contributed by atoms with Crippen LogP contribution in [0.2, 0.25) is 0 Å². The van der Waals surface area contributed by atoms with Crippen LogP contribution >= 0.6 is 0 Å². The van der Waals surface area contributed by atoms with Gasteiger partial charge in [-0.15, -0.1) is 0 Å². The van der Waals surface area contributed by atoms with Gasteiger partial charge in [0.1, 0.15) is 16.4 Å². The van der Waals surface area contributed by atoms with Crippen molar-refractivity contribution in [1.29, 1.82) is 0 Å². The summed E-state index contributed by atoms with van der Waals surface area (Å²) >= 11 is 0. The molecule has 0 spiro atoms. The van der Waals surface area contributed by atoms with Gasteiger partial charge >= 0.3 is 0 Å². The first kappa shape index (κ1) is 19.5. The van der Waals surface area contributed by atoms with E-state index in [9.17, 15) is 17.6 Å². The summed E-state index contributed by atoms with van der Waals surface area (Å²) in [5.74, 6) is -0.716. The number of aromatic nitrogens is 1. The molecule has 146 valence electrons. The number of piperidine rings is 1. The average Bonchev–Trinajstić information content (AvgIpc) is 2.97. The van der Waals surface area contributed by atoms with Crippen molar-refractivity contribution in [1.82, 2.24) is 9.46 Å². The predicted octanol–water partition coefficient (Wildman–Crippen LogP) is 2.78. The third-order valence-electron chi connectivity index (χ3n) is 4.85. The van der Waals surface area contributed by atoms with Gasteiger partial charge in [0.05, 0.1) is 0 Å². The summed E-state index contributed by atoms with van der Waals surface area (Å²) in [7, 11) is -3.70. The molecule has 1 aromatic heterocycles. The van der Waals surface area contributed by atoms with E-state index in [0.29, 0.717) is 24.2 Å². The largest absolute Gasteiger partial charge is 0.360 e. The predicted molar refractivity (Wildman–Crippen MR) is 97.2 cm³/mol. The third-order valence-corrected chi connectivity index (χ3v) is 6.99. The standard InChI is InChI=1S/C18H22FN3O4S/c1-11-4-5-15(19)10-16(11)20-18(23)14-6-8-22(9-7-14)27(24,25)17-12(2)21-26-13(17)3/h4-5,10,14H,6-9H2,1-3H3,(H,20,23). The summed E-state index contributed by atoms with van der Waals surface area (Å²) in [5, 5.41) is 6.46. The minimum atomic E-state index is -3.70. The van der Waals surface area contributed by atoms with E-state index in [0.717, 1.165) is 5.56 Å². The van der Waals surface area contributed by atoms with Crippen molar-refractivity contribution in [3.63, 3.8) is 0 Å². The lowest BCUT2D eigenvalue weighted by molar-refractivity contribution is -0.120. The van der Waals surface area contributed by atoms with Crippen LogP contribution in [0.15, 0.2) is 27.6 Å². The molecule has 27 heavy (non-hydrogen) atoms. The van der Waals surface area contributed by atoms with Crippen molar-refractivity contribution in [2.24, 2.45) is 5.92 Å². The topological polar surface area (TPSA) is 92.5 Å². The normalized spacial score (nSPS) is 16.4. The van der Waals surface area contributed by atoms with E-state index in [1.54, 1.807) is 26.8 Å². The van der Waals surface area contributed by atoms with Gasteiger partial charge in [0.2, 0.25) is 15.9 Å². The molecule has 0 aliphatic carbocycles. The van der Waals surface area contributed by atoms with E-state index >= 15 is 0 Å². The summed E-state index contributed by atoms with van der Waals surface area (Å²) in [6.45, 7) is 5.40. The molecule has 0 unspecified atom stereocenters. The van der Waals surface area contributed by atoms with Gasteiger partial charge in [-0.05, 0) is 51.3 Å². The van der Waals surface area contributed by atoms with Crippen molar-refractivity contribution in [3.8, 4) is 0 Å². The molecule has 1 N–H and O–H groups in total. The highest BCUT2D eigenvalue weighted by Gasteiger charge is 2.35. The number of halogens is 1. The number of hydrogen-bond donors (Lipinski definition) is 1. The summed E-state index contributed by atoms with van der Waals surface area (Å²) < 4.78 is 45.4. The molecule has 9 heteroatoms. The molecule has 1 aromatic carbocycles. The number of carbonyl (C=O) groups excluding carboxylic acids is 1. The van der Waals surface area contributed by atoms with E-state index in [2.05, 4.69) is 10.5 Å². The maximum atomic E-state index is 13.4. The van der Waals surface area contributed by atoms with E-state index < -0.39 is 15.8 Å². The molecule has 1 amide bonds. The van der Waals surface area contributed by atoms with E-state index in [-0.39, 0.29) is 35.6 Å². The van der Waals surface area contributed by atoms with Gasteiger partial charge in [-0.2, -0.15) is 4.31 Å². The molecule has 7 nitrogen and oxygen atoms in total. The Kier molecular flexibility index (Phi) is 5.34. The summed E-state index contributed by atoms with van der Waals surface area (Å²) in [6.07, 6.45) is 0.783. The van der Waals surface area contributed by atoms with Crippen LogP contribution < -0.4 is 5.32 Å². The zero-order valence-corrected chi connectivity index (χ0v) is 16.3. The second-order valence-electron chi connectivity index (χ2n) is 6.78. The number of amides is 1. The second kappa shape index (κ2) is 7.40. The molecule has 0 saturated carbocycles. The van der Waals surface area contributed by atoms with Crippen LogP contribution in [0.25, 0.3) is 0 Å². The van der Waals surface area contributed by atoms with Gasteiger partial charge in [-0.3, -0.25) is 4.79 Å². The van der Waals surface area contributed by atoms with Crippen molar-refractivity contribution in [2.45, 2.75) is 38.5 Å². The molecule has 1 aliphatic rings. The van der Waals surface area contributed by atoms with E-state index in [4.69, 9.17) is 4.52 Å². The molecule has 1 saturated heterocycles. The van der Waals surface area contributed by atoms with Crippen LogP contribution in [-0.2, 0) is 14.8 Å². The number of nitrogens with zero attached hydrogens (tertiary/aromatic N) is 2. The van der Waals surface area contributed by atoms with Crippen LogP contribution in [0.3, 0.4) is 0 Å². The molecule has 0 atom stereocenters. The van der Waals surface area contributed by atoms with Crippen molar-refractivity contribution < 1.29 is 22.1 Å². The fourth-order valence-electron chi connectivity index (χ4n) is 3.29. The Morgan fingerprint density at radius 2 is 1.93 bits per heavy atom. The van der Waals surface area contributed by atoms with E-state index in [1.165, 1.54) is 16.4 Å². The molecule has 3 rings (SSSR count). The number of sulfonamides is 1. The second-order valence-corrected chi connectivity index (χ2v) is 8.65. The molecule has 2 aromatic rings. The smallest absolute Gasteiger partial charge is 0.248 e. The minimum absolute atomic E-state index is 0.0980. The number of aryl methyl sites for hydroxylation is 3. The van der Waals surface area contributed by atoms with Gasteiger partial charge in [-0.1, -0.05) is 11.2 Å². The van der Waals surface area contributed by atoms with Crippen molar-refractivity contribution in [3.05, 3.63) is 41.0 Å². The Hall–Kier alpha value is -2.26. The highest BCUT2D eigenvalue weighted by atomic mass is 32.2. The van der Waals surface area contributed by atoms with Crippen LogP contribution in [0, 0.1) is 32.5 Å². The maximum absolute atomic E-state index is 13.4. The molecule has 1 fully saturated rings.